The molecule has 1 spiro atoms. The van der Waals surface area contributed by atoms with E-state index in [-0.39, 0.29) is 11.7 Å². The van der Waals surface area contributed by atoms with E-state index in [9.17, 15) is 8.78 Å². The van der Waals surface area contributed by atoms with Crippen LogP contribution in [0.4, 0.5) is 8.78 Å². The van der Waals surface area contributed by atoms with E-state index in [0.29, 0.717) is 5.56 Å². The molecule has 1 aliphatic carbocycles. The van der Waals surface area contributed by atoms with Crippen LogP contribution in [0.3, 0.4) is 0 Å². The number of ether oxygens (including phenoxy) is 1. The summed E-state index contributed by atoms with van der Waals surface area (Å²) in [6.07, 6.45) is 2.15. The zero-order valence-electron chi connectivity index (χ0n) is 14.3. The molecule has 2 aromatic carbocycles. The van der Waals surface area contributed by atoms with Gasteiger partial charge in [-0.05, 0) is 41.7 Å². The second-order valence-electron chi connectivity index (χ2n) is 7.07. The molecule has 2 aliphatic rings. The van der Waals surface area contributed by atoms with Crippen molar-refractivity contribution in [2.24, 2.45) is 0 Å². The average molecular weight is 341 g/mol. The number of nitrogens with zero attached hydrogens (tertiary/aromatic N) is 1. The molecule has 0 unspecified atom stereocenters. The maximum absolute atomic E-state index is 14.0. The van der Waals surface area contributed by atoms with Crippen molar-refractivity contribution in [2.45, 2.75) is 31.3 Å². The molecule has 0 saturated heterocycles. The zero-order valence-corrected chi connectivity index (χ0v) is 14.3. The van der Waals surface area contributed by atoms with Gasteiger partial charge in [0.25, 0.3) is 0 Å². The Labute approximate surface area is 146 Å². The molecule has 0 bridgehead atoms. The largest absolute Gasteiger partial charge is 0.497 e. The van der Waals surface area contributed by atoms with Crippen LogP contribution in [0.2, 0.25) is 0 Å². The molecule has 0 atom stereocenters. The van der Waals surface area contributed by atoms with E-state index in [1.165, 1.54) is 5.56 Å². The standard InChI is InChI=1S/C21H21F2NO/c1-25-17-7-5-15(6-8-17)12-24-13-16-3-2-4-18(19(23)11-22)20(16)21(14-24)9-10-21/h2-8,11H,9-10,12-14H2,1H3. The fourth-order valence-electron chi connectivity index (χ4n) is 4.08. The third-order valence-electron chi connectivity index (χ3n) is 5.37. The second kappa shape index (κ2) is 6.26. The lowest BCUT2D eigenvalue weighted by Crippen LogP contribution is -2.38. The highest BCUT2D eigenvalue weighted by molar-refractivity contribution is 5.66. The van der Waals surface area contributed by atoms with E-state index in [1.54, 1.807) is 13.2 Å². The molecule has 130 valence electrons. The molecule has 0 N–H and O–H groups in total. The summed E-state index contributed by atoms with van der Waals surface area (Å²) >= 11 is 0. The average Bonchev–Trinajstić information content (AvgIpc) is 3.40. The molecule has 0 amide bonds. The number of hydrogen-bond acceptors (Lipinski definition) is 2. The number of benzene rings is 2. The van der Waals surface area contributed by atoms with Gasteiger partial charge in [0.2, 0.25) is 0 Å². The minimum absolute atomic E-state index is 0.0169. The van der Waals surface area contributed by atoms with Crippen molar-refractivity contribution < 1.29 is 13.5 Å². The first-order valence-electron chi connectivity index (χ1n) is 8.59. The van der Waals surface area contributed by atoms with Gasteiger partial charge in [0.15, 0.2) is 5.83 Å². The second-order valence-corrected chi connectivity index (χ2v) is 7.07. The Balaban J connectivity index is 1.62. The third kappa shape index (κ3) is 2.95. The van der Waals surface area contributed by atoms with E-state index >= 15 is 0 Å². The summed E-state index contributed by atoms with van der Waals surface area (Å²) < 4.78 is 32.0. The summed E-state index contributed by atoms with van der Waals surface area (Å²) in [5, 5.41) is 0. The molecule has 1 saturated carbocycles. The first-order chi connectivity index (χ1) is 12.1. The van der Waals surface area contributed by atoms with Gasteiger partial charge in [0.05, 0.1) is 7.11 Å². The third-order valence-corrected chi connectivity index (χ3v) is 5.37. The van der Waals surface area contributed by atoms with Crippen molar-refractivity contribution in [1.82, 2.24) is 4.90 Å². The van der Waals surface area contributed by atoms with Crippen LogP contribution in [-0.2, 0) is 18.5 Å². The lowest BCUT2D eigenvalue weighted by molar-refractivity contribution is 0.213. The Morgan fingerprint density at radius 3 is 2.60 bits per heavy atom. The molecule has 1 fully saturated rings. The molecule has 0 radical (unpaired) electrons. The summed E-state index contributed by atoms with van der Waals surface area (Å²) in [5.41, 5.74) is 3.78. The monoisotopic (exact) mass is 341 g/mol. The van der Waals surface area contributed by atoms with Gasteiger partial charge in [-0.3, -0.25) is 4.90 Å². The van der Waals surface area contributed by atoms with Crippen LogP contribution < -0.4 is 4.74 Å². The lowest BCUT2D eigenvalue weighted by Gasteiger charge is -2.36. The number of rotatable bonds is 4. The Kier molecular flexibility index (Phi) is 4.08. The first-order valence-corrected chi connectivity index (χ1v) is 8.59. The maximum atomic E-state index is 14.0. The molecule has 25 heavy (non-hydrogen) atoms. The topological polar surface area (TPSA) is 12.5 Å². The molecule has 4 rings (SSSR count). The summed E-state index contributed by atoms with van der Waals surface area (Å²) in [7, 11) is 1.66. The van der Waals surface area contributed by atoms with Gasteiger partial charge in [0, 0.05) is 30.6 Å². The Morgan fingerprint density at radius 1 is 1.20 bits per heavy atom. The van der Waals surface area contributed by atoms with E-state index in [4.69, 9.17) is 4.74 Å². The highest BCUT2D eigenvalue weighted by Gasteiger charge is 2.50. The van der Waals surface area contributed by atoms with Crippen molar-refractivity contribution in [3.8, 4) is 5.75 Å². The van der Waals surface area contributed by atoms with Crippen LogP contribution in [0.15, 0.2) is 48.8 Å². The quantitative estimate of drug-likeness (QED) is 0.778. The zero-order chi connectivity index (χ0) is 17.4. The van der Waals surface area contributed by atoms with Crippen molar-refractivity contribution in [3.63, 3.8) is 0 Å². The number of hydrogen-bond donors (Lipinski definition) is 0. The van der Waals surface area contributed by atoms with Crippen molar-refractivity contribution >= 4 is 5.83 Å². The maximum Gasteiger partial charge on any atom is 0.158 e. The molecular formula is C21H21F2NO. The fourth-order valence-corrected chi connectivity index (χ4v) is 4.08. The van der Waals surface area contributed by atoms with Gasteiger partial charge >= 0.3 is 0 Å². The lowest BCUT2D eigenvalue weighted by atomic mass is 9.83. The van der Waals surface area contributed by atoms with Gasteiger partial charge < -0.3 is 4.74 Å². The molecular weight excluding hydrogens is 320 g/mol. The minimum Gasteiger partial charge on any atom is -0.497 e. The van der Waals surface area contributed by atoms with Gasteiger partial charge in [-0.15, -0.1) is 0 Å². The van der Waals surface area contributed by atoms with Crippen LogP contribution in [0, 0.1) is 0 Å². The summed E-state index contributed by atoms with van der Waals surface area (Å²) in [4.78, 5) is 2.40. The molecule has 1 aliphatic heterocycles. The van der Waals surface area contributed by atoms with Gasteiger partial charge in [0.1, 0.15) is 12.1 Å². The van der Waals surface area contributed by atoms with Crippen LogP contribution >= 0.6 is 0 Å². The number of halogens is 2. The molecule has 0 aromatic heterocycles. The normalized spacial score (nSPS) is 18.9. The molecule has 2 aromatic rings. The molecule has 2 nitrogen and oxygen atoms in total. The van der Waals surface area contributed by atoms with Crippen LogP contribution in [0.5, 0.6) is 5.75 Å². The SMILES string of the molecule is COc1ccc(CN2Cc3cccc(C(F)=CF)c3C3(CC3)C2)cc1. The van der Waals surface area contributed by atoms with E-state index < -0.39 is 5.83 Å². The number of methoxy groups -OCH3 is 1. The van der Waals surface area contributed by atoms with E-state index in [0.717, 1.165) is 49.4 Å². The smallest absolute Gasteiger partial charge is 0.158 e. The van der Waals surface area contributed by atoms with E-state index in [1.807, 2.05) is 24.3 Å². The number of fused-ring (bicyclic) bond motifs is 2. The highest BCUT2D eigenvalue weighted by Crippen LogP contribution is 2.54. The van der Waals surface area contributed by atoms with Crippen LogP contribution in [0.25, 0.3) is 5.83 Å². The van der Waals surface area contributed by atoms with Gasteiger partial charge in [-0.25, -0.2) is 8.78 Å². The highest BCUT2D eigenvalue weighted by atomic mass is 19.2. The predicted molar refractivity (Wildman–Crippen MR) is 94.7 cm³/mol. The first kappa shape index (κ1) is 16.3. The Hall–Kier alpha value is -2.20. The van der Waals surface area contributed by atoms with Crippen LogP contribution in [0.1, 0.15) is 35.1 Å². The molecule has 1 heterocycles. The molecule has 4 heteroatoms. The minimum atomic E-state index is -0.758. The summed E-state index contributed by atoms with van der Waals surface area (Å²) in [6, 6.07) is 13.7. The van der Waals surface area contributed by atoms with Crippen molar-refractivity contribution in [3.05, 3.63) is 71.0 Å². The Bertz CT molecular complexity index is 809. The van der Waals surface area contributed by atoms with Crippen molar-refractivity contribution in [2.75, 3.05) is 13.7 Å². The summed E-state index contributed by atoms with van der Waals surface area (Å²) in [5.74, 6) is 0.0938. The van der Waals surface area contributed by atoms with E-state index in [2.05, 4.69) is 17.0 Å². The summed E-state index contributed by atoms with van der Waals surface area (Å²) in [6.45, 7) is 2.50. The predicted octanol–water partition coefficient (Wildman–Crippen LogP) is 4.98. The van der Waals surface area contributed by atoms with Gasteiger partial charge in [-0.2, -0.15) is 0 Å². The fraction of sp³-hybridized carbons (Fsp3) is 0.333. The van der Waals surface area contributed by atoms with Gasteiger partial charge in [-0.1, -0.05) is 30.3 Å². The van der Waals surface area contributed by atoms with Crippen LogP contribution in [-0.4, -0.2) is 18.6 Å². The Morgan fingerprint density at radius 2 is 1.96 bits per heavy atom. The van der Waals surface area contributed by atoms with Crippen molar-refractivity contribution in [1.29, 1.82) is 0 Å².